The Kier molecular flexibility index (Phi) is 5.48. The number of nitrogens with one attached hydrogen (secondary N) is 1. The van der Waals surface area contributed by atoms with E-state index < -0.39 is 0 Å². The summed E-state index contributed by atoms with van der Waals surface area (Å²) in [5.74, 6) is -0.101. The van der Waals surface area contributed by atoms with E-state index in [-0.39, 0.29) is 5.82 Å². The van der Waals surface area contributed by atoms with Crippen molar-refractivity contribution in [3.8, 4) is 0 Å². The van der Waals surface area contributed by atoms with Crippen molar-refractivity contribution in [2.75, 3.05) is 36.0 Å². The van der Waals surface area contributed by atoms with Crippen LogP contribution in [0.2, 0.25) is 0 Å². The SMILES string of the molecule is CC.CC(C)=C1C=CN(C2CC2)c2cc(N3CCNCC3)c(F)cc21. The van der Waals surface area contributed by atoms with Gasteiger partial charge in [-0.3, -0.25) is 0 Å². The third-order valence-electron chi connectivity index (χ3n) is 4.97. The Hall–Kier alpha value is -1.81. The maximum Gasteiger partial charge on any atom is 0.147 e. The lowest BCUT2D eigenvalue weighted by molar-refractivity contribution is 0.566. The van der Waals surface area contributed by atoms with Gasteiger partial charge < -0.3 is 15.1 Å². The van der Waals surface area contributed by atoms with Crippen molar-refractivity contribution in [2.24, 2.45) is 0 Å². The summed E-state index contributed by atoms with van der Waals surface area (Å²) in [6.45, 7) is 11.8. The van der Waals surface area contributed by atoms with Gasteiger partial charge in [0.05, 0.1) is 11.4 Å². The zero-order valence-corrected chi connectivity index (χ0v) is 15.9. The first-order valence-electron chi connectivity index (χ1n) is 9.59. The number of halogens is 1. The molecule has 2 heterocycles. The summed E-state index contributed by atoms with van der Waals surface area (Å²) >= 11 is 0. The smallest absolute Gasteiger partial charge is 0.147 e. The quantitative estimate of drug-likeness (QED) is 0.850. The summed E-state index contributed by atoms with van der Waals surface area (Å²) < 4.78 is 14.8. The largest absolute Gasteiger partial charge is 0.367 e. The highest BCUT2D eigenvalue weighted by molar-refractivity contribution is 5.89. The Morgan fingerprint density at radius 3 is 2.36 bits per heavy atom. The minimum atomic E-state index is -0.101. The number of hydrogen-bond donors (Lipinski definition) is 1. The first kappa shape index (κ1) is 18.0. The van der Waals surface area contributed by atoms with Crippen LogP contribution in [0.15, 0.2) is 30.0 Å². The second kappa shape index (κ2) is 7.61. The van der Waals surface area contributed by atoms with Gasteiger partial charge in [0.15, 0.2) is 0 Å². The summed E-state index contributed by atoms with van der Waals surface area (Å²) in [5, 5.41) is 3.33. The second-order valence-corrected chi connectivity index (χ2v) is 6.93. The van der Waals surface area contributed by atoms with Gasteiger partial charge in [-0.25, -0.2) is 4.39 Å². The third-order valence-corrected chi connectivity index (χ3v) is 4.97. The van der Waals surface area contributed by atoms with Gasteiger partial charge in [0.25, 0.3) is 0 Å². The molecule has 0 aromatic heterocycles. The van der Waals surface area contributed by atoms with Crippen molar-refractivity contribution in [3.05, 3.63) is 41.4 Å². The highest BCUT2D eigenvalue weighted by Crippen LogP contribution is 2.43. The topological polar surface area (TPSA) is 18.5 Å². The molecule has 4 heteroatoms. The molecule has 3 nitrogen and oxygen atoms in total. The van der Waals surface area contributed by atoms with Gasteiger partial charge in [0.2, 0.25) is 0 Å². The fourth-order valence-electron chi connectivity index (χ4n) is 3.56. The average Bonchev–Trinajstić information content (AvgIpc) is 3.47. The van der Waals surface area contributed by atoms with E-state index in [2.05, 4.69) is 47.3 Å². The van der Waals surface area contributed by atoms with Crippen LogP contribution >= 0.6 is 0 Å². The van der Waals surface area contributed by atoms with Gasteiger partial charge >= 0.3 is 0 Å². The molecule has 0 atom stereocenters. The van der Waals surface area contributed by atoms with Crippen molar-refractivity contribution in [1.29, 1.82) is 0 Å². The molecule has 2 fully saturated rings. The highest BCUT2D eigenvalue weighted by atomic mass is 19.1. The molecule has 0 amide bonds. The molecule has 3 aliphatic rings. The van der Waals surface area contributed by atoms with Crippen LogP contribution in [-0.4, -0.2) is 32.2 Å². The number of benzene rings is 1. The molecule has 1 aromatic carbocycles. The monoisotopic (exact) mass is 343 g/mol. The Labute approximate surface area is 151 Å². The Balaban J connectivity index is 0.000000880. The first-order valence-corrected chi connectivity index (χ1v) is 9.59. The predicted molar refractivity (Wildman–Crippen MR) is 106 cm³/mol. The molecule has 0 radical (unpaired) electrons. The molecule has 0 bridgehead atoms. The van der Waals surface area contributed by atoms with E-state index >= 15 is 0 Å². The number of nitrogens with zero attached hydrogens (tertiary/aromatic N) is 2. The van der Waals surface area contributed by atoms with Crippen LogP contribution in [0.25, 0.3) is 5.57 Å². The predicted octanol–water partition coefficient (Wildman–Crippen LogP) is 4.55. The number of fused-ring (bicyclic) bond motifs is 1. The molecule has 0 unspecified atom stereocenters. The van der Waals surface area contributed by atoms with Crippen molar-refractivity contribution < 1.29 is 4.39 Å². The molecular weight excluding hydrogens is 313 g/mol. The molecule has 25 heavy (non-hydrogen) atoms. The first-order chi connectivity index (χ1) is 12.1. The minimum absolute atomic E-state index is 0.101. The van der Waals surface area contributed by atoms with Crippen LogP contribution in [0.4, 0.5) is 15.8 Å². The van der Waals surface area contributed by atoms with E-state index in [1.165, 1.54) is 24.1 Å². The van der Waals surface area contributed by atoms with E-state index in [9.17, 15) is 4.39 Å². The summed E-state index contributed by atoms with van der Waals surface area (Å²) in [4.78, 5) is 4.50. The van der Waals surface area contributed by atoms with E-state index in [0.717, 1.165) is 43.0 Å². The Morgan fingerprint density at radius 1 is 1.08 bits per heavy atom. The fraction of sp³-hybridized carbons (Fsp3) is 0.524. The molecular formula is C21H30FN3. The number of rotatable bonds is 2. The molecule has 1 saturated carbocycles. The van der Waals surface area contributed by atoms with E-state index in [0.29, 0.717) is 6.04 Å². The van der Waals surface area contributed by atoms with E-state index in [4.69, 9.17) is 0 Å². The maximum absolute atomic E-state index is 14.8. The number of hydrogen-bond acceptors (Lipinski definition) is 3. The van der Waals surface area contributed by atoms with Crippen LogP contribution < -0.4 is 15.1 Å². The molecule has 1 aromatic rings. The normalized spacial score (nSPS) is 19.3. The number of piperazine rings is 1. The van der Waals surface area contributed by atoms with Gasteiger partial charge in [-0.05, 0) is 50.5 Å². The van der Waals surface area contributed by atoms with Crippen molar-refractivity contribution >= 4 is 16.9 Å². The lowest BCUT2D eigenvalue weighted by atomic mass is 9.95. The molecule has 2 aliphatic heterocycles. The molecule has 4 rings (SSSR count). The lowest BCUT2D eigenvalue weighted by Gasteiger charge is -2.33. The zero-order chi connectivity index (χ0) is 18.0. The van der Waals surface area contributed by atoms with Crippen molar-refractivity contribution in [1.82, 2.24) is 5.32 Å². The molecule has 1 aliphatic carbocycles. The van der Waals surface area contributed by atoms with Gasteiger partial charge in [-0.1, -0.05) is 19.4 Å². The molecule has 1 N–H and O–H groups in total. The van der Waals surface area contributed by atoms with Gasteiger partial charge in [-0.15, -0.1) is 0 Å². The molecule has 136 valence electrons. The van der Waals surface area contributed by atoms with Crippen LogP contribution in [0.5, 0.6) is 0 Å². The molecule has 1 saturated heterocycles. The van der Waals surface area contributed by atoms with Crippen molar-refractivity contribution in [3.63, 3.8) is 0 Å². The fourth-order valence-corrected chi connectivity index (χ4v) is 3.56. The second-order valence-electron chi connectivity index (χ2n) is 6.93. The zero-order valence-electron chi connectivity index (χ0n) is 15.9. The number of allylic oxidation sites excluding steroid dienone is 3. The van der Waals surface area contributed by atoms with Gasteiger partial charge in [0, 0.05) is 44.0 Å². The standard InChI is InChI=1S/C19H24FN3.C2H6/c1-13(2)15-5-8-23(14-3-4-14)18-12-19(17(20)11-16(15)18)22-9-6-21-7-10-22;1-2/h5,8,11-12,14,21H,3-4,6-7,9-10H2,1-2H3;1-2H3. The Morgan fingerprint density at radius 2 is 1.76 bits per heavy atom. The minimum Gasteiger partial charge on any atom is -0.367 e. The third kappa shape index (κ3) is 3.59. The summed E-state index contributed by atoms with van der Waals surface area (Å²) in [7, 11) is 0. The average molecular weight is 343 g/mol. The lowest BCUT2D eigenvalue weighted by Crippen LogP contribution is -2.44. The Bertz CT molecular complexity index is 679. The van der Waals surface area contributed by atoms with Gasteiger partial charge in [-0.2, -0.15) is 0 Å². The van der Waals surface area contributed by atoms with Crippen LogP contribution in [0, 0.1) is 5.82 Å². The summed E-state index contributed by atoms with van der Waals surface area (Å²) in [5.41, 5.74) is 5.34. The maximum atomic E-state index is 14.8. The number of anilines is 2. The highest BCUT2D eigenvalue weighted by Gasteiger charge is 2.32. The van der Waals surface area contributed by atoms with E-state index in [1.54, 1.807) is 6.07 Å². The van der Waals surface area contributed by atoms with Crippen LogP contribution in [0.1, 0.15) is 46.1 Å². The summed E-state index contributed by atoms with van der Waals surface area (Å²) in [6.07, 6.45) is 6.78. The molecule has 0 spiro atoms. The van der Waals surface area contributed by atoms with E-state index in [1.807, 2.05) is 13.8 Å². The summed E-state index contributed by atoms with van der Waals surface area (Å²) in [6, 6.07) is 4.40. The van der Waals surface area contributed by atoms with Gasteiger partial charge in [0.1, 0.15) is 5.82 Å². The van der Waals surface area contributed by atoms with Crippen molar-refractivity contribution in [2.45, 2.75) is 46.6 Å². The van der Waals surface area contributed by atoms with Crippen LogP contribution in [-0.2, 0) is 0 Å². The van der Waals surface area contributed by atoms with Crippen LogP contribution in [0.3, 0.4) is 0 Å².